The Hall–Kier alpha value is -1.48. The second-order valence-electron chi connectivity index (χ2n) is 3.05. The quantitative estimate of drug-likeness (QED) is 0.503. The first-order chi connectivity index (χ1) is 5.79. The lowest BCUT2D eigenvalue weighted by atomic mass is 9.94. The van der Waals surface area contributed by atoms with E-state index in [1.54, 1.807) is 0 Å². The highest BCUT2D eigenvalue weighted by Gasteiger charge is 2.06. The maximum Gasteiger partial charge on any atom is 0.00716 e. The Kier molecular flexibility index (Phi) is 1.52. The van der Waals surface area contributed by atoms with Gasteiger partial charge in [-0.1, -0.05) is 35.7 Å². The van der Waals surface area contributed by atoms with Gasteiger partial charge in [0.05, 0.1) is 0 Å². The molecular formula is C12H10. The summed E-state index contributed by atoms with van der Waals surface area (Å²) in [6.07, 6.45) is 0. The van der Waals surface area contributed by atoms with Crippen molar-refractivity contribution < 1.29 is 0 Å². The fraction of sp³-hybridized carbons (Fsp3) is 0.167. The molecular weight excluding hydrogens is 144 g/mol. The van der Waals surface area contributed by atoms with Crippen LogP contribution in [0, 0.1) is 0 Å². The van der Waals surface area contributed by atoms with Crippen molar-refractivity contribution in [3.63, 3.8) is 0 Å². The number of hydrogen-bond donors (Lipinski definition) is 0. The molecule has 1 aromatic rings. The second kappa shape index (κ2) is 2.53. The lowest BCUT2D eigenvalue weighted by molar-refractivity contribution is 1.48. The molecule has 1 aliphatic carbocycles. The molecule has 0 saturated heterocycles. The number of fused-ring (bicyclic) bond motifs is 1. The number of hydrogen-bond acceptors (Lipinski definition) is 0. The van der Waals surface area contributed by atoms with Crippen LogP contribution >= 0.6 is 0 Å². The zero-order valence-corrected chi connectivity index (χ0v) is 7.31. The maximum absolute atomic E-state index is 3.12. The summed E-state index contributed by atoms with van der Waals surface area (Å²) in [5.74, 6) is 0. The Morgan fingerprint density at radius 3 is 1.67 bits per heavy atom. The smallest absolute Gasteiger partial charge is 0.00716 e. The zero-order chi connectivity index (χ0) is 8.55. The van der Waals surface area contributed by atoms with Crippen LogP contribution in [-0.4, -0.2) is 0 Å². The average Bonchev–Trinajstić information content (AvgIpc) is 2.12. The van der Waals surface area contributed by atoms with Crippen LogP contribution in [0.4, 0.5) is 0 Å². The van der Waals surface area contributed by atoms with E-state index < -0.39 is 0 Å². The molecule has 0 unspecified atom stereocenters. The molecule has 1 aromatic carbocycles. The molecule has 12 heavy (non-hydrogen) atoms. The predicted molar refractivity (Wildman–Crippen MR) is 51.6 cm³/mol. The van der Waals surface area contributed by atoms with Crippen molar-refractivity contribution >= 4 is 11.1 Å². The third-order valence-electron chi connectivity index (χ3n) is 2.17. The molecule has 0 saturated carbocycles. The summed E-state index contributed by atoms with van der Waals surface area (Å²) in [4.78, 5) is 0. The highest BCUT2D eigenvalue weighted by Crippen LogP contribution is 2.26. The Bertz CT molecular complexity index is 382. The molecule has 0 amide bonds. The maximum atomic E-state index is 3.12. The van der Waals surface area contributed by atoms with Crippen molar-refractivity contribution in [1.82, 2.24) is 0 Å². The van der Waals surface area contributed by atoms with Crippen molar-refractivity contribution in [3.05, 3.63) is 46.9 Å². The van der Waals surface area contributed by atoms with Crippen LogP contribution in [0.25, 0.3) is 11.1 Å². The molecule has 0 heterocycles. The fourth-order valence-corrected chi connectivity index (χ4v) is 1.46. The molecule has 0 atom stereocenters. The summed E-state index contributed by atoms with van der Waals surface area (Å²) in [6, 6.07) is 8.37. The third kappa shape index (κ3) is 0.950. The minimum absolute atomic E-state index is 1.18. The normalized spacial score (nSPS) is 13.5. The van der Waals surface area contributed by atoms with Crippen LogP contribution < -0.4 is 0 Å². The number of rotatable bonds is 0. The van der Waals surface area contributed by atoms with E-state index in [2.05, 4.69) is 49.6 Å². The number of benzene rings is 1. The molecule has 0 fully saturated rings. The number of allylic oxidation sites excluding steroid dienone is 2. The SMILES string of the molecule is CC1=C=C=C(C)c2ccccc21. The van der Waals surface area contributed by atoms with E-state index in [0.717, 1.165) is 0 Å². The van der Waals surface area contributed by atoms with Crippen molar-refractivity contribution in [3.8, 4) is 0 Å². The Labute approximate surface area is 72.5 Å². The predicted octanol–water partition coefficient (Wildman–Crippen LogP) is 3.26. The van der Waals surface area contributed by atoms with Gasteiger partial charge in [0.25, 0.3) is 0 Å². The van der Waals surface area contributed by atoms with Gasteiger partial charge in [-0.25, -0.2) is 0 Å². The van der Waals surface area contributed by atoms with Gasteiger partial charge in [0, 0.05) is 11.1 Å². The van der Waals surface area contributed by atoms with Gasteiger partial charge in [0.15, 0.2) is 0 Å². The largest absolute Gasteiger partial charge is 0.0661 e. The molecule has 0 spiro atoms. The third-order valence-corrected chi connectivity index (χ3v) is 2.17. The average molecular weight is 154 g/mol. The van der Waals surface area contributed by atoms with Gasteiger partial charge < -0.3 is 0 Å². The van der Waals surface area contributed by atoms with Gasteiger partial charge in [-0.2, -0.15) is 0 Å². The van der Waals surface area contributed by atoms with Gasteiger partial charge >= 0.3 is 0 Å². The van der Waals surface area contributed by atoms with E-state index in [-0.39, 0.29) is 0 Å². The summed E-state index contributed by atoms with van der Waals surface area (Å²) in [5.41, 5.74) is 11.2. The van der Waals surface area contributed by atoms with E-state index in [4.69, 9.17) is 0 Å². The lowest BCUT2D eigenvalue weighted by Gasteiger charge is -2.09. The molecule has 0 radical (unpaired) electrons. The van der Waals surface area contributed by atoms with Gasteiger partial charge in [-0.15, -0.1) is 0 Å². The van der Waals surface area contributed by atoms with Crippen LogP contribution in [-0.2, 0) is 0 Å². The molecule has 2 rings (SSSR count). The first-order valence-corrected chi connectivity index (χ1v) is 4.08. The molecule has 1 aliphatic rings. The summed E-state index contributed by atoms with van der Waals surface area (Å²) >= 11 is 0. The molecule has 0 bridgehead atoms. The molecule has 58 valence electrons. The Balaban J connectivity index is 2.81. The monoisotopic (exact) mass is 154 g/mol. The Morgan fingerprint density at radius 1 is 0.833 bits per heavy atom. The van der Waals surface area contributed by atoms with E-state index in [1.807, 2.05) is 0 Å². The van der Waals surface area contributed by atoms with E-state index in [1.165, 1.54) is 22.3 Å². The summed E-state index contributed by atoms with van der Waals surface area (Å²) in [5, 5.41) is 0. The lowest BCUT2D eigenvalue weighted by Crippen LogP contribution is -1.89. The Morgan fingerprint density at radius 2 is 1.25 bits per heavy atom. The van der Waals surface area contributed by atoms with Gasteiger partial charge in [0.1, 0.15) is 0 Å². The van der Waals surface area contributed by atoms with Crippen LogP contribution in [0.5, 0.6) is 0 Å². The van der Waals surface area contributed by atoms with Crippen molar-refractivity contribution in [2.45, 2.75) is 13.8 Å². The first-order valence-electron chi connectivity index (χ1n) is 4.08. The van der Waals surface area contributed by atoms with Crippen LogP contribution in [0.2, 0.25) is 0 Å². The van der Waals surface area contributed by atoms with Gasteiger partial charge in [0.2, 0.25) is 0 Å². The summed E-state index contributed by atoms with van der Waals surface area (Å²) in [7, 11) is 0. The standard InChI is InChI=1S/C12H10/c1-9-7-8-10(2)12-6-4-3-5-11(9)12/h3-6H,1-2H3. The topological polar surface area (TPSA) is 0 Å². The molecule has 0 aromatic heterocycles. The van der Waals surface area contributed by atoms with Gasteiger partial charge in [-0.3, -0.25) is 0 Å². The van der Waals surface area contributed by atoms with Crippen LogP contribution in [0.1, 0.15) is 25.0 Å². The molecule has 0 aliphatic heterocycles. The highest BCUT2D eigenvalue weighted by atomic mass is 14.1. The highest BCUT2D eigenvalue weighted by molar-refractivity contribution is 5.80. The van der Waals surface area contributed by atoms with Crippen molar-refractivity contribution in [2.24, 2.45) is 0 Å². The van der Waals surface area contributed by atoms with Crippen LogP contribution in [0.3, 0.4) is 0 Å². The minimum Gasteiger partial charge on any atom is -0.0661 e. The van der Waals surface area contributed by atoms with Crippen LogP contribution in [0.15, 0.2) is 35.7 Å². The minimum atomic E-state index is 1.18. The summed E-state index contributed by atoms with van der Waals surface area (Å²) < 4.78 is 0. The van der Waals surface area contributed by atoms with Crippen molar-refractivity contribution in [1.29, 1.82) is 0 Å². The summed E-state index contributed by atoms with van der Waals surface area (Å²) in [6.45, 7) is 4.14. The van der Waals surface area contributed by atoms with Crippen molar-refractivity contribution in [2.75, 3.05) is 0 Å². The van der Waals surface area contributed by atoms with E-state index >= 15 is 0 Å². The first kappa shape index (κ1) is 7.18. The van der Waals surface area contributed by atoms with E-state index in [9.17, 15) is 0 Å². The molecule has 0 heteroatoms. The van der Waals surface area contributed by atoms with Gasteiger partial charge in [-0.05, 0) is 25.0 Å². The molecule has 0 N–H and O–H groups in total. The van der Waals surface area contributed by atoms with E-state index in [0.29, 0.717) is 0 Å². The fourth-order valence-electron chi connectivity index (χ4n) is 1.46. The zero-order valence-electron chi connectivity index (χ0n) is 7.31. The second-order valence-corrected chi connectivity index (χ2v) is 3.05. The molecule has 0 nitrogen and oxygen atoms in total.